The molecular weight excluding hydrogens is 272 g/mol. The lowest BCUT2D eigenvalue weighted by Gasteiger charge is -2.15. The standard InChI is InChI=1S/C15H20N2O2S/c1-20(18,19)10-11-8-12-6-7-16-15(12)14(9-11)17-13-4-2-3-5-13/h6-9,13,16-17H,2-5,10H2,1H3. The van der Waals surface area contributed by atoms with E-state index in [1.807, 2.05) is 24.4 Å². The van der Waals surface area contributed by atoms with Crippen molar-refractivity contribution < 1.29 is 8.42 Å². The number of hydrogen-bond acceptors (Lipinski definition) is 3. The fourth-order valence-corrected chi connectivity index (χ4v) is 3.80. The van der Waals surface area contributed by atoms with Gasteiger partial charge in [0.05, 0.1) is 17.0 Å². The highest BCUT2D eigenvalue weighted by molar-refractivity contribution is 7.89. The molecule has 5 heteroatoms. The Balaban J connectivity index is 1.97. The second-order valence-corrected chi connectivity index (χ2v) is 7.92. The van der Waals surface area contributed by atoms with E-state index in [1.165, 1.54) is 31.9 Å². The maximum absolute atomic E-state index is 11.5. The lowest BCUT2D eigenvalue weighted by Crippen LogP contribution is -2.15. The fraction of sp³-hybridized carbons (Fsp3) is 0.467. The molecule has 3 rings (SSSR count). The number of H-pyrrole nitrogens is 1. The predicted octanol–water partition coefficient (Wildman–Crippen LogP) is 3.07. The van der Waals surface area contributed by atoms with Crippen LogP contribution in [0.1, 0.15) is 31.2 Å². The van der Waals surface area contributed by atoms with Gasteiger partial charge in [-0.25, -0.2) is 8.42 Å². The molecule has 1 aromatic heterocycles. The fourth-order valence-electron chi connectivity index (χ4n) is 3.02. The Morgan fingerprint density at radius 3 is 2.75 bits per heavy atom. The first-order chi connectivity index (χ1) is 9.51. The summed E-state index contributed by atoms with van der Waals surface area (Å²) in [6.07, 6.45) is 8.10. The molecule has 0 bridgehead atoms. The third-order valence-electron chi connectivity index (χ3n) is 3.86. The smallest absolute Gasteiger partial charge is 0.151 e. The second-order valence-electron chi connectivity index (χ2n) is 5.78. The normalized spacial score (nSPS) is 16.9. The molecule has 0 spiro atoms. The molecule has 1 fully saturated rings. The Hall–Kier alpha value is -1.49. The summed E-state index contributed by atoms with van der Waals surface area (Å²) in [5.41, 5.74) is 2.94. The highest BCUT2D eigenvalue weighted by Gasteiger charge is 2.17. The SMILES string of the molecule is CS(=O)(=O)Cc1cc(NC2CCCC2)c2[nH]ccc2c1. The zero-order chi connectivity index (χ0) is 14.2. The minimum absolute atomic E-state index is 0.0907. The molecule has 2 N–H and O–H groups in total. The molecule has 0 atom stereocenters. The molecule has 4 nitrogen and oxygen atoms in total. The average Bonchev–Trinajstić information content (AvgIpc) is 2.96. The van der Waals surface area contributed by atoms with Crippen LogP contribution in [0.25, 0.3) is 10.9 Å². The van der Waals surface area contributed by atoms with Crippen LogP contribution >= 0.6 is 0 Å². The number of fused-ring (bicyclic) bond motifs is 1. The first kappa shape index (κ1) is 13.5. The summed E-state index contributed by atoms with van der Waals surface area (Å²) >= 11 is 0. The Labute approximate surface area is 119 Å². The van der Waals surface area contributed by atoms with Crippen molar-refractivity contribution in [2.24, 2.45) is 0 Å². The Kier molecular flexibility index (Phi) is 3.46. The van der Waals surface area contributed by atoms with Gasteiger partial charge in [-0.15, -0.1) is 0 Å². The van der Waals surface area contributed by atoms with Gasteiger partial charge in [-0.05, 0) is 36.6 Å². The van der Waals surface area contributed by atoms with Crippen LogP contribution in [0.3, 0.4) is 0 Å². The van der Waals surface area contributed by atoms with E-state index in [1.54, 1.807) is 0 Å². The number of aromatic nitrogens is 1. The van der Waals surface area contributed by atoms with Crippen molar-refractivity contribution in [2.45, 2.75) is 37.5 Å². The van der Waals surface area contributed by atoms with Crippen molar-refractivity contribution >= 4 is 26.4 Å². The minimum atomic E-state index is -3.01. The van der Waals surface area contributed by atoms with Gasteiger partial charge in [0.2, 0.25) is 0 Å². The molecule has 1 heterocycles. The van der Waals surface area contributed by atoms with Crippen LogP contribution in [0.15, 0.2) is 24.4 Å². The third-order valence-corrected chi connectivity index (χ3v) is 4.72. The van der Waals surface area contributed by atoms with Crippen LogP contribution in [0.4, 0.5) is 5.69 Å². The van der Waals surface area contributed by atoms with E-state index in [-0.39, 0.29) is 5.75 Å². The number of benzene rings is 1. The summed E-state index contributed by atoms with van der Waals surface area (Å²) in [6.45, 7) is 0. The largest absolute Gasteiger partial charge is 0.381 e. The summed E-state index contributed by atoms with van der Waals surface area (Å²) in [6, 6.07) is 6.42. The number of aromatic amines is 1. The molecule has 1 aliphatic carbocycles. The summed E-state index contributed by atoms with van der Waals surface area (Å²) in [4.78, 5) is 3.24. The minimum Gasteiger partial charge on any atom is -0.381 e. The second kappa shape index (κ2) is 5.13. The average molecular weight is 292 g/mol. The molecule has 0 radical (unpaired) electrons. The van der Waals surface area contributed by atoms with Gasteiger partial charge in [0.1, 0.15) is 0 Å². The van der Waals surface area contributed by atoms with Crippen molar-refractivity contribution in [3.05, 3.63) is 30.0 Å². The van der Waals surface area contributed by atoms with Gasteiger partial charge in [0.15, 0.2) is 9.84 Å². The van der Waals surface area contributed by atoms with Gasteiger partial charge >= 0.3 is 0 Å². The monoisotopic (exact) mass is 292 g/mol. The summed E-state index contributed by atoms with van der Waals surface area (Å²) in [5, 5.41) is 4.63. The highest BCUT2D eigenvalue weighted by Crippen LogP contribution is 2.29. The van der Waals surface area contributed by atoms with Crippen LogP contribution in [0, 0.1) is 0 Å². The first-order valence-electron chi connectivity index (χ1n) is 7.05. The molecule has 0 saturated heterocycles. The van der Waals surface area contributed by atoms with E-state index in [9.17, 15) is 8.42 Å². The Morgan fingerprint density at radius 1 is 1.30 bits per heavy atom. The zero-order valence-electron chi connectivity index (χ0n) is 11.6. The lowest BCUT2D eigenvalue weighted by molar-refractivity contribution is 0.601. The topological polar surface area (TPSA) is 62.0 Å². The van der Waals surface area contributed by atoms with Gasteiger partial charge in [0.25, 0.3) is 0 Å². The van der Waals surface area contributed by atoms with Crippen molar-refractivity contribution in [3.8, 4) is 0 Å². The summed E-state index contributed by atoms with van der Waals surface area (Å²) in [5.74, 6) is 0.0907. The summed E-state index contributed by atoms with van der Waals surface area (Å²) < 4.78 is 23.0. The van der Waals surface area contributed by atoms with E-state index in [2.05, 4.69) is 10.3 Å². The van der Waals surface area contributed by atoms with Crippen molar-refractivity contribution in [1.82, 2.24) is 4.98 Å². The first-order valence-corrected chi connectivity index (χ1v) is 9.11. The van der Waals surface area contributed by atoms with E-state index >= 15 is 0 Å². The molecule has 20 heavy (non-hydrogen) atoms. The van der Waals surface area contributed by atoms with Crippen LogP contribution in [0.2, 0.25) is 0 Å². The molecule has 108 valence electrons. The third kappa shape index (κ3) is 2.98. The number of hydrogen-bond donors (Lipinski definition) is 2. The molecule has 2 aromatic rings. The number of anilines is 1. The number of nitrogens with one attached hydrogen (secondary N) is 2. The van der Waals surface area contributed by atoms with E-state index in [4.69, 9.17) is 0 Å². The molecule has 1 saturated carbocycles. The molecule has 1 aliphatic rings. The maximum Gasteiger partial charge on any atom is 0.151 e. The van der Waals surface area contributed by atoms with Crippen LogP contribution < -0.4 is 5.32 Å². The molecule has 1 aromatic carbocycles. The van der Waals surface area contributed by atoms with Gasteiger partial charge in [-0.2, -0.15) is 0 Å². The van der Waals surface area contributed by atoms with E-state index < -0.39 is 9.84 Å². The molecule has 0 amide bonds. The van der Waals surface area contributed by atoms with Gasteiger partial charge in [-0.1, -0.05) is 12.8 Å². The summed E-state index contributed by atoms with van der Waals surface area (Å²) in [7, 11) is -3.01. The molecule has 0 unspecified atom stereocenters. The Morgan fingerprint density at radius 2 is 2.05 bits per heavy atom. The lowest BCUT2D eigenvalue weighted by atomic mass is 10.1. The van der Waals surface area contributed by atoms with Crippen molar-refractivity contribution in [3.63, 3.8) is 0 Å². The zero-order valence-corrected chi connectivity index (χ0v) is 12.5. The van der Waals surface area contributed by atoms with Crippen molar-refractivity contribution in [1.29, 1.82) is 0 Å². The quantitative estimate of drug-likeness (QED) is 0.910. The predicted molar refractivity (Wildman–Crippen MR) is 82.7 cm³/mol. The van der Waals surface area contributed by atoms with Gasteiger partial charge < -0.3 is 10.3 Å². The molecule has 0 aliphatic heterocycles. The maximum atomic E-state index is 11.5. The van der Waals surface area contributed by atoms with Crippen LogP contribution in [0.5, 0.6) is 0 Å². The Bertz CT molecular complexity index is 713. The van der Waals surface area contributed by atoms with E-state index in [0.29, 0.717) is 6.04 Å². The van der Waals surface area contributed by atoms with E-state index in [0.717, 1.165) is 22.2 Å². The van der Waals surface area contributed by atoms with Crippen molar-refractivity contribution in [2.75, 3.05) is 11.6 Å². The van der Waals surface area contributed by atoms with Crippen LogP contribution in [-0.2, 0) is 15.6 Å². The number of rotatable bonds is 4. The molecular formula is C15H20N2O2S. The highest BCUT2D eigenvalue weighted by atomic mass is 32.2. The number of sulfone groups is 1. The van der Waals surface area contributed by atoms with Gasteiger partial charge in [0, 0.05) is 23.9 Å². The van der Waals surface area contributed by atoms with Gasteiger partial charge in [-0.3, -0.25) is 0 Å². The van der Waals surface area contributed by atoms with Crippen LogP contribution in [-0.4, -0.2) is 25.7 Å².